The monoisotopic (exact) mass is 315 g/mol. The van der Waals surface area contributed by atoms with Gasteiger partial charge in [0.2, 0.25) is 0 Å². The fourth-order valence-electron chi connectivity index (χ4n) is 1.84. The molecule has 2 heterocycles. The van der Waals surface area contributed by atoms with Crippen molar-refractivity contribution in [3.8, 4) is 0 Å². The molecule has 1 aliphatic rings. The molecule has 0 saturated carbocycles. The van der Waals surface area contributed by atoms with E-state index in [0.29, 0.717) is 13.1 Å². The van der Waals surface area contributed by atoms with Gasteiger partial charge in [0.05, 0.1) is 11.6 Å². The zero-order chi connectivity index (χ0) is 14.7. The van der Waals surface area contributed by atoms with Gasteiger partial charge >= 0.3 is 57.4 Å². The van der Waals surface area contributed by atoms with Crippen LogP contribution in [0.3, 0.4) is 0 Å². The predicted octanol–water partition coefficient (Wildman–Crippen LogP) is -3.05. The summed E-state index contributed by atoms with van der Waals surface area (Å²) in [5, 5.41) is 11.5. The van der Waals surface area contributed by atoms with E-state index in [-0.39, 0.29) is 86.9 Å². The maximum Gasteiger partial charge on any atom is 1.00 e. The molecule has 0 spiro atoms. The summed E-state index contributed by atoms with van der Waals surface area (Å²) in [6, 6.07) is 2.67. The summed E-state index contributed by atoms with van der Waals surface area (Å²) in [7, 11) is 0. The predicted molar refractivity (Wildman–Crippen MR) is 69.0 cm³/mol. The van der Waals surface area contributed by atoms with Gasteiger partial charge < -0.3 is 22.2 Å². The third-order valence-electron chi connectivity index (χ3n) is 2.99. The van der Waals surface area contributed by atoms with Gasteiger partial charge in [-0.1, -0.05) is 0 Å². The average molecular weight is 315 g/mol. The summed E-state index contributed by atoms with van der Waals surface area (Å²) in [6.07, 6.45) is 1.32. The number of carbonyl (C=O) groups excluding carboxylic acids is 2. The number of rotatable bonds is 4. The smallest absolute Gasteiger partial charge is 0.478 e. The minimum atomic E-state index is -1.09. The topological polar surface area (TPSA) is 99.6 Å². The largest absolute Gasteiger partial charge is 1.00 e. The van der Waals surface area contributed by atoms with E-state index in [0.717, 1.165) is 6.20 Å². The van der Waals surface area contributed by atoms with E-state index >= 15 is 0 Å². The molecule has 1 aliphatic heterocycles. The quantitative estimate of drug-likeness (QED) is 0.454. The summed E-state index contributed by atoms with van der Waals surface area (Å²) >= 11 is 0. The zero-order valence-electron chi connectivity index (χ0n) is 11.7. The molecule has 1 saturated heterocycles. The van der Waals surface area contributed by atoms with Crippen LogP contribution in [0.2, 0.25) is 0 Å². The Kier molecular flexibility index (Phi) is 6.95. The molecule has 0 atom stereocenters. The first-order valence-electron chi connectivity index (χ1n) is 6.08. The molecule has 1 aromatic rings. The molecule has 0 unspecified atom stereocenters. The van der Waals surface area contributed by atoms with Gasteiger partial charge in [-0.15, -0.1) is 6.42 Å². The Morgan fingerprint density at radius 3 is 2.52 bits per heavy atom. The van der Waals surface area contributed by atoms with Crippen molar-refractivity contribution >= 4 is 17.8 Å². The maximum atomic E-state index is 12.0. The van der Waals surface area contributed by atoms with Gasteiger partial charge in [-0.2, -0.15) is 0 Å². The number of carboxylic acid groups (broad SMARTS) is 1. The molecule has 1 fully saturated rings. The second kappa shape index (κ2) is 7.99. The fraction of sp³-hybridized carbons (Fsp3) is 0.308. The zero-order valence-corrected chi connectivity index (χ0v) is 14.8. The van der Waals surface area contributed by atoms with E-state index < -0.39 is 5.97 Å². The van der Waals surface area contributed by atoms with Gasteiger partial charge in [-0.3, -0.25) is 14.6 Å². The van der Waals surface area contributed by atoms with Gasteiger partial charge in [0.15, 0.2) is 5.91 Å². The average Bonchev–Trinajstić information content (AvgIpc) is 2.41. The summed E-state index contributed by atoms with van der Waals surface area (Å²) in [4.78, 5) is 39.2. The van der Waals surface area contributed by atoms with Crippen molar-refractivity contribution in [3.05, 3.63) is 36.5 Å². The molecular weight excluding hydrogens is 301 g/mol. The molecule has 0 radical (unpaired) electrons. The summed E-state index contributed by atoms with van der Waals surface area (Å²) < 4.78 is 0. The Balaban J connectivity index is 0.00000220. The Bertz CT molecular complexity index is 541. The van der Waals surface area contributed by atoms with Crippen LogP contribution in [0.4, 0.5) is 0 Å². The Labute approximate surface area is 164 Å². The van der Waals surface area contributed by atoms with Crippen molar-refractivity contribution in [3.63, 3.8) is 0 Å². The molecule has 2 rings (SSSR count). The standard InChI is InChI=1S/C13H14N3O4.K/c1-2-11(17)15-9-6-16(7-9)12(18)10-4-3-8(5-14-10)13(19)20;/h3-5,9H,1-2,6-7H2,(H,15,17)(H,19,20);/q-1;+1. The van der Waals surface area contributed by atoms with Crippen molar-refractivity contribution in [2.75, 3.05) is 13.1 Å². The minimum absolute atomic E-state index is 0. The maximum absolute atomic E-state index is 12.0. The number of likely N-dealkylation sites (tertiary alicyclic amines) is 1. The molecule has 0 bridgehead atoms. The number of carboxylic acids is 1. The van der Waals surface area contributed by atoms with E-state index in [9.17, 15) is 14.4 Å². The molecular formula is C13H14KN3O4. The van der Waals surface area contributed by atoms with Crippen LogP contribution in [0.15, 0.2) is 18.3 Å². The number of hydrogen-bond acceptors (Lipinski definition) is 4. The molecule has 0 aromatic carbocycles. The van der Waals surface area contributed by atoms with Crippen molar-refractivity contribution in [2.45, 2.75) is 12.5 Å². The van der Waals surface area contributed by atoms with Crippen LogP contribution in [-0.2, 0) is 4.79 Å². The van der Waals surface area contributed by atoms with Gasteiger partial charge in [-0.05, 0) is 12.1 Å². The summed E-state index contributed by atoms with van der Waals surface area (Å²) in [5.74, 6) is -1.51. The van der Waals surface area contributed by atoms with Crippen molar-refractivity contribution in [2.24, 2.45) is 0 Å². The summed E-state index contributed by atoms with van der Waals surface area (Å²) in [6.45, 7) is 4.32. The molecule has 1 aromatic heterocycles. The number of amides is 2. The second-order valence-corrected chi connectivity index (χ2v) is 4.46. The van der Waals surface area contributed by atoms with Gasteiger partial charge in [0.25, 0.3) is 5.91 Å². The second-order valence-electron chi connectivity index (χ2n) is 4.46. The van der Waals surface area contributed by atoms with Crippen molar-refractivity contribution in [1.29, 1.82) is 0 Å². The SMILES string of the molecule is [CH2-]CC(=O)NC1CN(C(=O)c2ccc(C(=O)O)cn2)C1.[K+]. The summed E-state index contributed by atoms with van der Waals surface area (Å²) in [5.41, 5.74) is 0.225. The number of carbonyl (C=O) groups is 3. The van der Waals surface area contributed by atoms with Crippen LogP contribution in [0.5, 0.6) is 0 Å². The Hall–Kier alpha value is -0.804. The first-order chi connectivity index (χ1) is 9.51. The van der Waals surface area contributed by atoms with Crippen LogP contribution in [0.1, 0.15) is 27.3 Å². The Morgan fingerprint density at radius 2 is 2.05 bits per heavy atom. The Morgan fingerprint density at radius 1 is 1.38 bits per heavy atom. The molecule has 21 heavy (non-hydrogen) atoms. The molecule has 7 nitrogen and oxygen atoms in total. The van der Waals surface area contributed by atoms with Crippen molar-refractivity contribution in [1.82, 2.24) is 15.2 Å². The number of nitrogens with one attached hydrogen (secondary N) is 1. The van der Waals surface area contributed by atoms with Gasteiger partial charge in [0.1, 0.15) is 5.69 Å². The van der Waals surface area contributed by atoms with Crippen LogP contribution < -0.4 is 56.7 Å². The van der Waals surface area contributed by atoms with Crippen LogP contribution in [-0.4, -0.2) is 51.9 Å². The molecule has 106 valence electrons. The van der Waals surface area contributed by atoms with Crippen molar-refractivity contribution < 1.29 is 70.9 Å². The number of nitrogens with zero attached hydrogens (tertiary/aromatic N) is 2. The number of pyridine rings is 1. The number of aromatic carboxylic acids is 1. The van der Waals surface area contributed by atoms with Crippen LogP contribution >= 0.6 is 0 Å². The van der Waals surface area contributed by atoms with E-state index in [1.807, 2.05) is 0 Å². The van der Waals surface area contributed by atoms with E-state index in [1.165, 1.54) is 17.0 Å². The first-order valence-corrected chi connectivity index (χ1v) is 6.08. The van der Waals surface area contributed by atoms with Crippen LogP contribution in [0.25, 0.3) is 0 Å². The van der Waals surface area contributed by atoms with Crippen LogP contribution in [0, 0.1) is 6.92 Å². The third-order valence-corrected chi connectivity index (χ3v) is 2.99. The first kappa shape index (κ1) is 18.2. The normalized spacial score (nSPS) is 13.9. The number of hydrogen-bond donors (Lipinski definition) is 2. The van der Waals surface area contributed by atoms with Gasteiger partial charge in [0, 0.05) is 19.3 Å². The minimum Gasteiger partial charge on any atom is -0.478 e. The van der Waals surface area contributed by atoms with E-state index in [4.69, 9.17) is 5.11 Å². The molecule has 2 amide bonds. The van der Waals surface area contributed by atoms with E-state index in [1.54, 1.807) is 0 Å². The number of aromatic nitrogens is 1. The van der Waals surface area contributed by atoms with Gasteiger partial charge in [-0.25, -0.2) is 4.79 Å². The molecule has 8 heteroatoms. The van der Waals surface area contributed by atoms with E-state index in [2.05, 4.69) is 17.2 Å². The molecule has 2 N–H and O–H groups in total. The molecule has 0 aliphatic carbocycles. The fourth-order valence-corrected chi connectivity index (χ4v) is 1.84. The third kappa shape index (κ3) is 4.58.